The lowest BCUT2D eigenvalue weighted by atomic mass is 9.85. The fraction of sp³-hybridized carbons (Fsp3) is 0.857. The number of nitrogens with zero attached hydrogens (tertiary/aromatic N) is 2. The van der Waals surface area contributed by atoms with Crippen LogP contribution in [0.1, 0.15) is 90.9 Å². The molecule has 3 fully saturated rings. The standard InChI is InChI=1S/C28H48N8OS/c1-17-15-29-25(31-17)19-6-10-21(11-7-19)33-27(37)34-23-4-3-5-24(14-23)36-28(38)35-22-12-8-20(9-13-22)26-30-16-18(2)32-26/h17-24H,3-16H2,1-2H3,(H,29,31)(H,30,32)(H2,33,34,37)(H2,35,36,38). The van der Waals surface area contributed by atoms with Crippen molar-refractivity contribution < 1.29 is 4.79 Å². The maximum Gasteiger partial charge on any atom is 0.315 e. The molecule has 2 aliphatic heterocycles. The molecule has 0 radical (unpaired) electrons. The van der Waals surface area contributed by atoms with Gasteiger partial charge < -0.3 is 31.9 Å². The van der Waals surface area contributed by atoms with E-state index >= 15 is 0 Å². The van der Waals surface area contributed by atoms with Gasteiger partial charge in [-0.15, -0.1) is 0 Å². The molecular weight excluding hydrogens is 496 g/mol. The van der Waals surface area contributed by atoms with Crippen LogP contribution >= 0.6 is 12.2 Å². The van der Waals surface area contributed by atoms with E-state index in [0.717, 1.165) is 95.3 Å². The molecule has 0 aromatic rings. The Hall–Kier alpha value is -2.10. The highest BCUT2D eigenvalue weighted by Gasteiger charge is 2.31. The minimum absolute atomic E-state index is 0.0164. The van der Waals surface area contributed by atoms with E-state index in [-0.39, 0.29) is 18.1 Å². The van der Waals surface area contributed by atoms with Crippen LogP contribution in [0.25, 0.3) is 0 Å². The highest BCUT2D eigenvalue weighted by Crippen LogP contribution is 2.28. The zero-order valence-electron chi connectivity index (χ0n) is 23.2. The second-order valence-corrected chi connectivity index (χ2v) is 12.8. The van der Waals surface area contributed by atoms with Crippen LogP contribution in [-0.4, -0.2) is 72.2 Å². The molecule has 2 amide bonds. The summed E-state index contributed by atoms with van der Waals surface area (Å²) in [5.41, 5.74) is 0. The van der Waals surface area contributed by atoms with Crippen LogP contribution < -0.4 is 31.9 Å². The van der Waals surface area contributed by atoms with Crippen molar-refractivity contribution >= 4 is 35.0 Å². The van der Waals surface area contributed by atoms with Gasteiger partial charge in [-0.1, -0.05) is 0 Å². The summed E-state index contributed by atoms with van der Waals surface area (Å²) in [7, 11) is 0. The van der Waals surface area contributed by atoms with Gasteiger partial charge in [0, 0.05) is 48.1 Å². The minimum atomic E-state index is -0.0164. The van der Waals surface area contributed by atoms with Gasteiger partial charge in [-0.25, -0.2) is 4.79 Å². The average molecular weight is 545 g/mol. The number of aliphatic imine (C=N–C) groups is 2. The van der Waals surface area contributed by atoms with E-state index in [9.17, 15) is 4.79 Å². The van der Waals surface area contributed by atoms with Crippen molar-refractivity contribution in [2.75, 3.05) is 13.1 Å². The molecule has 0 spiro atoms. The van der Waals surface area contributed by atoms with Crippen molar-refractivity contribution in [2.45, 2.75) is 127 Å². The smallest absolute Gasteiger partial charge is 0.315 e. The van der Waals surface area contributed by atoms with Crippen molar-refractivity contribution in [3.05, 3.63) is 0 Å². The molecule has 0 aromatic carbocycles. The normalized spacial score (nSPS) is 37.2. The Balaban J connectivity index is 0.969. The Bertz CT molecular complexity index is 823. The predicted octanol–water partition coefficient (Wildman–Crippen LogP) is 2.96. The van der Waals surface area contributed by atoms with Crippen molar-refractivity contribution in [3.8, 4) is 0 Å². The van der Waals surface area contributed by atoms with Crippen molar-refractivity contribution in [1.29, 1.82) is 0 Å². The molecule has 212 valence electrons. The van der Waals surface area contributed by atoms with Gasteiger partial charge in [-0.3, -0.25) is 9.98 Å². The predicted molar refractivity (Wildman–Crippen MR) is 158 cm³/mol. The van der Waals surface area contributed by atoms with Gasteiger partial charge in [-0.2, -0.15) is 0 Å². The number of hydrogen-bond acceptors (Lipinski definition) is 6. The first-order valence-corrected chi connectivity index (χ1v) is 15.6. The van der Waals surface area contributed by atoms with Gasteiger partial charge in [0.25, 0.3) is 0 Å². The summed E-state index contributed by atoms with van der Waals surface area (Å²) in [5.74, 6) is 3.52. The third-order valence-corrected chi connectivity index (χ3v) is 9.34. The van der Waals surface area contributed by atoms with Crippen molar-refractivity contribution in [2.24, 2.45) is 21.8 Å². The molecule has 2 heterocycles. The first-order chi connectivity index (χ1) is 18.4. The number of carbonyl (C=O) groups excluding carboxylic acids is 1. The molecule has 3 aliphatic carbocycles. The Morgan fingerprint density at radius 3 is 1.63 bits per heavy atom. The first-order valence-electron chi connectivity index (χ1n) is 15.2. The van der Waals surface area contributed by atoms with Crippen molar-refractivity contribution in [1.82, 2.24) is 31.9 Å². The number of rotatable bonds is 6. The topological polar surface area (TPSA) is 114 Å². The Kier molecular flexibility index (Phi) is 9.28. The highest BCUT2D eigenvalue weighted by molar-refractivity contribution is 7.80. The quantitative estimate of drug-likeness (QED) is 0.287. The second kappa shape index (κ2) is 12.8. The molecule has 5 rings (SSSR count). The zero-order chi connectivity index (χ0) is 26.5. The SMILES string of the molecule is CC1CN=C(C2CCC(NC(=O)NC3CCCC(NC(=S)NC4CCC(C5=NCC(C)N5)CC4)C3)CC2)N1. The Labute approximate surface area is 233 Å². The van der Waals surface area contributed by atoms with Crippen LogP contribution in [0.5, 0.6) is 0 Å². The second-order valence-electron chi connectivity index (χ2n) is 12.4. The highest BCUT2D eigenvalue weighted by atomic mass is 32.1. The molecule has 0 aromatic heterocycles. The average Bonchev–Trinajstić information content (AvgIpc) is 3.53. The van der Waals surface area contributed by atoms with Gasteiger partial charge >= 0.3 is 6.03 Å². The number of urea groups is 1. The molecule has 4 unspecified atom stereocenters. The third kappa shape index (κ3) is 7.51. The summed E-state index contributed by atoms with van der Waals surface area (Å²) < 4.78 is 0. The number of thiocarbonyl (C=S) groups is 1. The van der Waals surface area contributed by atoms with Gasteiger partial charge in [-0.05, 0) is 103 Å². The maximum absolute atomic E-state index is 12.8. The number of carbonyl (C=O) groups is 1. The third-order valence-electron chi connectivity index (χ3n) is 9.10. The van der Waals surface area contributed by atoms with E-state index in [4.69, 9.17) is 12.2 Å². The summed E-state index contributed by atoms with van der Waals surface area (Å²) >= 11 is 5.69. The number of amides is 2. The summed E-state index contributed by atoms with van der Waals surface area (Å²) in [6, 6.07) is 2.12. The molecule has 0 saturated heterocycles. The van der Waals surface area contributed by atoms with Gasteiger partial charge in [0.2, 0.25) is 0 Å². The van der Waals surface area contributed by atoms with Crippen LogP contribution in [-0.2, 0) is 0 Å². The largest absolute Gasteiger partial charge is 0.369 e. The fourth-order valence-corrected chi connectivity index (χ4v) is 7.28. The molecule has 10 heteroatoms. The van der Waals surface area contributed by atoms with E-state index in [1.54, 1.807) is 0 Å². The lowest BCUT2D eigenvalue weighted by Gasteiger charge is -2.34. The lowest BCUT2D eigenvalue weighted by Crippen LogP contribution is -2.53. The van der Waals surface area contributed by atoms with E-state index in [1.165, 1.54) is 11.7 Å². The molecule has 38 heavy (non-hydrogen) atoms. The fourth-order valence-electron chi connectivity index (χ4n) is 6.95. The molecule has 0 bridgehead atoms. The summed E-state index contributed by atoms with van der Waals surface area (Å²) in [5, 5.41) is 21.4. The molecule has 4 atom stereocenters. The molecule has 3 saturated carbocycles. The van der Waals surface area contributed by atoms with E-state index < -0.39 is 0 Å². The van der Waals surface area contributed by atoms with Crippen LogP contribution in [0.15, 0.2) is 9.98 Å². The van der Waals surface area contributed by atoms with Crippen LogP contribution in [0, 0.1) is 11.8 Å². The van der Waals surface area contributed by atoms with Gasteiger partial charge in [0.05, 0.1) is 24.8 Å². The summed E-state index contributed by atoms with van der Waals surface area (Å²) in [4.78, 5) is 22.1. The van der Waals surface area contributed by atoms with E-state index in [1.807, 2.05) is 0 Å². The molecule has 9 nitrogen and oxygen atoms in total. The van der Waals surface area contributed by atoms with Gasteiger partial charge in [0.15, 0.2) is 5.11 Å². The van der Waals surface area contributed by atoms with Crippen LogP contribution in [0.3, 0.4) is 0 Å². The molecule has 6 N–H and O–H groups in total. The Morgan fingerprint density at radius 2 is 1.13 bits per heavy atom. The zero-order valence-corrected chi connectivity index (χ0v) is 24.0. The lowest BCUT2D eigenvalue weighted by molar-refractivity contribution is 0.220. The minimum Gasteiger partial charge on any atom is -0.369 e. The van der Waals surface area contributed by atoms with Crippen molar-refractivity contribution in [3.63, 3.8) is 0 Å². The maximum atomic E-state index is 12.8. The number of hydrogen-bond donors (Lipinski definition) is 6. The van der Waals surface area contributed by atoms with Crippen LogP contribution in [0.2, 0.25) is 0 Å². The first kappa shape index (κ1) is 27.5. The monoisotopic (exact) mass is 544 g/mol. The molecule has 5 aliphatic rings. The summed E-state index contributed by atoms with van der Waals surface area (Å²) in [6.07, 6.45) is 13.0. The number of amidine groups is 2. The van der Waals surface area contributed by atoms with E-state index in [2.05, 4.69) is 55.7 Å². The number of nitrogens with one attached hydrogen (secondary N) is 6. The molecular formula is C28H48N8OS. The van der Waals surface area contributed by atoms with E-state index in [0.29, 0.717) is 36.0 Å². The van der Waals surface area contributed by atoms with Crippen LogP contribution in [0.4, 0.5) is 4.79 Å². The summed E-state index contributed by atoms with van der Waals surface area (Å²) in [6.45, 7) is 6.18. The van der Waals surface area contributed by atoms with Gasteiger partial charge in [0.1, 0.15) is 0 Å². The Morgan fingerprint density at radius 1 is 0.684 bits per heavy atom.